The van der Waals surface area contributed by atoms with E-state index in [1.807, 2.05) is 24.4 Å². The minimum absolute atomic E-state index is 0.0700. The van der Waals surface area contributed by atoms with Gasteiger partial charge in [-0.2, -0.15) is 0 Å². The molecule has 3 N–H and O–H groups in total. The van der Waals surface area contributed by atoms with Crippen molar-refractivity contribution in [2.75, 3.05) is 13.1 Å². The average Bonchev–Trinajstić information content (AvgIpc) is 2.91. The highest BCUT2D eigenvalue weighted by atomic mass is 32.1. The SMILES string of the molecule is CC(C(=O)NCc1cccs1)N1CCC(N)C(C)(C)C1. The van der Waals surface area contributed by atoms with E-state index in [9.17, 15) is 4.79 Å². The molecule has 1 aromatic rings. The summed E-state index contributed by atoms with van der Waals surface area (Å²) >= 11 is 1.67. The Morgan fingerprint density at radius 3 is 3.00 bits per heavy atom. The first kappa shape index (κ1) is 15.5. The van der Waals surface area contributed by atoms with Gasteiger partial charge in [0, 0.05) is 24.0 Å². The number of thiophene rings is 1. The molecule has 20 heavy (non-hydrogen) atoms. The second kappa shape index (κ2) is 6.24. The van der Waals surface area contributed by atoms with Crippen molar-refractivity contribution in [3.8, 4) is 0 Å². The number of hydrogen-bond donors (Lipinski definition) is 2. The average molecular weight is 295 g/mol. The van der Waals surface area contributed by atoms with Crippen LogP contribution in [0.1, 0.15) is 32.1 Å². The molecule has 0 aromatic carbocycles. The van der Waals surface area contributed by atoms with E-state index in [1.165, 1.54) is 4.88 Å². The van der Waals surface area contributed by atoms with Gasteiger partial charge in [-0.3, -0.25) is 9.69 Å². The third kappa shape index (κ3) is 3.59. The van der Waals surface area contributed by atoms with E-state index < -0.39 is 0 Å². The maximum absolute atomic E-state index is 12.3. The maximum Gasteiger partial charge on any atom is 0.237 e. The van der Waals surface area contributed by atoms with Gasteiger partial charge in [0.1, 0.15) is 0 Å². The Bertz CT molecular complexity index is 444. The van der Waals surface area contributed by atoms with Crippen LogP contribution in [0.3, 0.4) is 0 Å². The number of rotatable bonds is 4. The summed E-state index contributed by atoms with van der Waals surface area (Å²) in [6, 6.07) is 4.17. The van der Waals surface area contributed by atoms with Crippen molar-refractivity contribution in [1.82, 2.24) is 10.2 Å². The molecule has 112 valence electrons. The van der Waals surface area contributed by atoms with Crippen molar-refractivity contribution in [3.05, 3.63) is 22.4 Å². The molecule has 5 heteroatoms. The molecule has 0 saturated carbocycles. The van der Waals surface area contributed by atoms with Gasteiger partial charge < -0.3 is 11.1 Å². The molecule has 1 aliphatic heterocycles. The minimum Gasteiger partial charge on any atom is -0.350 e. The monoisotopic (exact) mass is 295 g/mol. The van der Waals surface area contributed by atoms with Crippen LogP contribution in [0.15, 0.2) is 17.5 Å². The normalized spacial score (nSPS) is 24.3. The van der Waals surface area contributed by atoms with E-state index in [1.54, 1.807) is 11.3 Å². The van der Waals surface area contributed by atoms with Crippen LogP contribution >= 0.6 is 11.3 Å². The molecule has 0 aliphatic carbocycles. The molecule has 1 aliphatic rings. The Labute approximate surface area is 125 Å². The number of amides is 1. The Kier molecular flexibility index (Phi) is 4.83. The van der Waals surface area contributed by atoms with Gasteiger partial charge in [-0.25, -0.2) is 0 Å². The first-order valence-electron chi connectivity index (χ1n) is 7.20. The fourth-order valence-electron chi connectivity index (χ4n) is 2.65. The zero-order valence-corrected chi connectivity index (χ0v) is 13.4. The van der Waals surface area contributed by atoms with Gasteiger partial charge in [0.25, 0.3) is 0 Å². The molecule has 2 rings (SSSR count). The number of piperidine rings is 1. The predicted octanol–water partition coefficient (Wildman–Crippen LogP) is 1.81. The van der Waals surface area contributed by atoms with Crippen LogP contribution in [0, 0.1) is 5.41 Å². The Hall–Kier alpha value is -0.910. The lowest BCUT2D eigenvalue weighted by molar-refractivity contribution is -0.127. The van der Waals surface area contributed by atoms with Gasteiger partial charge in [0.05, 0.1) is 12.6 Å². The van der Waals surface area contributed by atoms with Gasteiger partial charge in [0.2, 0.25) is 5.91 Å². The maximum atomic E-state index is 12.3. The molecule has 1 aromatic heterocycles. The second-order valence-corrected chi connectivity index (χ2v) is 7.36. The lowest BCUT2D eigenvalue weighted by Crippen LogP contribution is -2.57. The third-order valence-corrected chi connectivity index (χ3v) is 5.16. The quantitative estimate of drug-likeness (QED) is 0.890. The van der Waals surface area contributed by atoms with Gasteiger partial charge in [-0.15, -0.1) is 11.3 Å². The summed E-state index contributed by atoms with van der Waals surface area (Å²) in [5.74, 6) is 0.102. The molecular weight excluding hydrogens is 270 g/mol. The van der Waals surface area contributed by atoms with E-state index >= 15 is 0 Å². The smallest absolute Gasteiger partial charge is 0.237 e. The highest BCUT2D eigenvalue weighted by Gasteiger charge is 2.36. The fraction of sp³-hybridized carbons (Fsp3) is 0.667. The number of hydrogen-bond acceptors (Lipinski definition) is 4. The van der Waals surface area contributed by atoms with Crippen molar-refractivity contribution in [3.63, 3.8) is 0 Å². The topological polar surface area (TPSA) is 58.4 Å². The standard InChI is InChI=1S/C15H25N3OS/c1-11(14(19)17-9-12-5-4-8-20-12)18-7-6-13(16)15(2,3)10-18/h4-5,8,11,13H,6-7,9-10,16H2,1-3H3,(H,17,19). The molecule has 2 unspecified atom stereocenters. The highest BCUT2D eigenvalue weighted by Crippen LogP contribution is 2.28. The first-order chi connectivity index (χ1) is 9.40. The molecule has 1 fully saturated rings. The molecule has 0 bridgehead atoms. The van der Waals surface area contributed by atoms with E-state index in [0.29, 0.717) is 6.54 Å². The summed E-state index contributed by atoms with van der Waals surface area (Å²) in [7, 11) is 0. The number of nitrogens with one attached hydrogen (secondary N) is 1. The van der Waals surface area contributed by atoms with Gasteiger partial charge >= 0.3 is 0 Å². The number of likely N-dealkylation sites (tertiary alicyclic amines) is 1. The molecule has 1 saturated heterocycles. The molecule has 2 atom stereocenters. The second-order valence-electron chi connectivity index (χ2n) is 6.33. The largest absolute Gasteiger partial charge is 0.350 e. The van der Waals surface area contributed by atoms with E-state index in [-0.39, 0.29) is 23.4 Å². The molecule has 2 heterocycles. The lowest BCUT2D eigenvalue weighted by Gasteiger charge is -2.44. The van der Waals surface area contributed by atoms with E-state index in [2.05, 4.69) is 24.1 Å². The third-order valence-electron chi connectivity index (χ3n) is 4.29. The van der Waals surface area contributed by atoms with Crippen LogP contribution in [0.25, 0.3) is 0 Å². The predicted molar refractivity (Wildman–Crippen MR) is 83.6 cm³/mol. The minimum atomic E-state index is -0.0956. The lowest BCUT2D eigenvalue weighted by atomic mass is 9.79. The summed E-state index contributed by atoms with van der Waals surface area (Å²) in [5, 5.41) is 5.05. The number of carbonyl (C=O) groups is 1. The van der Waals surface area contributed by atoms with Gasteiger partial charge in [-0.05, 0) is 30.2 Å². The van der Waals surface area contributed by atoms with Gasteiger partial charge in [0.15, 0.2) is 0 Å². The molecule has 0 spiro atoms. The molecular formula is C15H25N3OS. The van der Waals surface area contributed by atoms with Crippen LogP contribution in [-0.2, 0) is 11.3 Å². The van der Waals surface area contributed by atoms with Gasteiger partial charge in [-0.1, -0.05) is 19.9 Å². The number of nitrogens with two attached hydrogens (primary N) is 1. The van der Waals surface area contributed by atoms with Crippen molar-refractivity contribution >= 4 is 17.2 Å². The number of nitrogens with zero attached hydrogens (tertiary/aromatic N) is 1. The van der Waals surface area contributed by atoms with Crippen LogP contribution in [-0.4, -0.2) is 36.0 Å². The van der Waals surface area contributed by atoms with Crippen LogP contribution in [0.4, 0.5) is 0 Å². The Balaban J connectivity index is 1.87. The summed E-state index contributed by atoms with van der Waals surface area (Å²) in [6.07, 6.45) is 0.954. The number of carbonyl (C=O) groups excluding carboxylic acids is 1. The van der Waals surface area contributed by atoms with Crippen LogP contribution in [0.5, 0.6) is 0 Å². The Morgan fingerprint density at radius 2 is 2.40 bits per heavy atom. The van der Waals surface area contributed by atoms with Crippen LogP contribution in [0.2, 0.25) is 0 Å². The highest BCUT2D eigenvalue weighted by molar-refractivity contribution is 7.09. The fourth-order valence-corrected chi connectivity index (χ4v) is 3.29. The first-order valence-corrected chi connectivity index (χ1v) is 8.08. The zero-order valence-electron chi connectivity index (χ0n) is 12.6. The summed E-state index contributed by atoms with van der Waals surface area (Å²) in [6.45, 7) is 8.74. The van der Waals surface area contributed by atoms with Crippen molar-refractivity contribution in [2.45, 2.75) is 45.8 Å². The van der Waals surface area contributed by atoms with Crippen molar-refractivity contribution in [1.29, 1.82) is 0 Å². The molecule has 1 amide bonds. The zero-order chi connectivity index (χ0) is 14.8. The van der Waals surface area contributed by atoms with Crippen molar-refractivity contribution in [2.24, 2.45) is 11.1 Å². The molecule has 0 radical (unpaired) electrons. The van der Waals surface area contributed by atoms with E-state index in [4.69, 9.17) is 5.73 Å². The summed E-state index contributed by atoms with van der Waals surface area (Å²) in [4.78, 5) is 15.7. The molecule has 4 nitrogen and oxygen atoms in total. The summed E-state index contributed by atoms with van der Waals surface area (Å²) in [5.41, 5.74) is 6.22. The van der Waals surface area contributed by atoms with Crippen molar-refractivity contribution < 1.29 is 4.79 Å². The Morgan fingerprint density at radius 1 is 1.65 bits per heavy atom. The van der Waals surface area contributed by atoms with E-state index in [0.717, 1.165) is 19.5 Å². The summed E-state index contributed by atoms with van der Waals surface area (Å²) < 4.78 is 0. The van der Waals surface area contributed by atoms with Crippen LogP contribution < -0.4 is 11.1 Å².